The fourth-order valence-electron chi connectivity index (χ4n) is 5.82. The highest BCUT2D eigenvalue weighted by Gasteiger charge is 2.23. The Labute approximate surface area is 356 Å². The largest absolute Gasteiger partial charge is 0.478 e. The van der Waals surface area contributed by atoms with E-state index in [1.165, 1.54) is 39.0 Å². The Kier molecular flexibility index (Phi) is 14.0. The van der Waals surface area contributed by atoms with E-state index in [0.29, 0.717) is 40.7 Å². The molecule has 1 fully saturated rings. The van der Waals surface area contributed by atoms with Gasteiger partial charge in [-0.2, -0.15) is 9.97 Å². The van der Waals surface area contributed by atoms with Gasteiger partial charge in [0, 0.05) is 31.5 Å². The van der Waals surface area contributed by atoms with Crippen LogP contribution in [0, 0.1) is 13.8 Å². The van der Waals surface area contributed by atoms with Crippen LogP contribution in [0.1, 0.15) is 56.2 Å². The minimum absolute atomic E-state index is 0.107. The van der Waals surface area contributed by atoms with Crippen LogP contribution in [0.2, 0.25) is 10.3 Å². The van der Waals surface area contributed by atoms with Gasteiger partial charge in [0.25, 0.3) is 23.6 Å². The summed E-state index contributed by atoms with van der Waals surface area (Å²) in [7, 11) is 3.00. The number of carbonyl (C=O) groups is 3. The molecule has 1 aliphatic rings. The molecule has 0 unspecified atom stereocenters. The van der Waals surface area contributed by atoms with Gasteiger partial charge in [0.1, 0.15) is 27.5 Å². The quantitative estimate of drug-likeness (QED) is 0.152. The molecule has 0 bridgehead atoms. The number of ether oxygens (including phenoxy) is 2. The van der Waals surface area contributed by atoms with E-state index in [2.05, 4.69) is 77.6 Å². The van der Waals surface area contributed by atoms with Crippen molar-refractivity contribution in [2.24, 2.45) is 0 Å². The minimum atomic E-state index is -1.11. The molecule has 0 radical (unpaired) electrons. The Morgan fingerprint density at radius 1 is 0.705 bits per heavy atom. The van der Waals surface area contributed by atoms with Crippen molar-refractivity contribution in [3.8, 4) is 11.8 Å². The molecule has 61 heavy (non-hydrogen) atoms. The van der Waals surface area contributed by atoms with E-state index in [4.69, 9.17) is 37.8 Å². The van der Waals surface area contributed by atoms with Crippen molar-refractivity contribution in [3.05, 3.63) is 101 Å². The van der Waals surface area contributed by atoms with E-state index in [1.807, 2.05) is 20.0 Å². The van der Waals surface area contributed by atoms with Crippen molar-refractivity contribution in [3.63, 3.8) is 0 Å². The van der Waals surface area contributed by atoms with Crippen LogP contribution in [0.25, 0.3) is 11.3 Å². The summed E-state index contributed by atoms with van der Waals surface area (Å²) in [6.45, 7) is 8.60. The summed E-state index contributed by atoms with van der Waals surface area (Å²) < 4.78 is 14.0. The second kappa shape index (κ2) is 19.7. The van der Waals surface area contributed by atoms with Crippen molar-refractivity contribution in [2.45, 2.75) is 33.2 Å². The zero-order chi connectivity index (χ0) is 43.6. The molecule has 7 aromatic rings. The zero-order valence-electron chi connectivity index (χ0n) is 33.2. The lowest BCUT2D eigenvalue weighted by molar-refractivity contribution is 0.0689. The first-order valence-electron chi connectivity index (χ1n) is 18.3. The van der Waals surface area contributed by atoms with E-state index in [-0.39, 0.29) is 33.3 Å². The SMILES string of the molecule is CCN[C@@H]1CCN(c2cnc(C(=O)Nc3cn4cc(C)nc4c(OC)n3)cn2)C1.COc1nc(NC(=O)c2cnc(Cl)cn2)cn2cc(C)nc12.O=C(O)c1cnc(Cl)cn1. The molecule has 0 saturated carbocycles. The first-order valence-corrected chi connectivity index (χ1v) is 19.0. The number of likely N-dealkylation sites (N-methyl/N-ethyl adjacent to an activating group) is 1. The van der Waals surface area contributed by atoms with E-state index < -0.39 is 11.9 Å². The number of carboxylic acid groups (broad SMARTS) is 1. The molecular formula is C37H38Cl2N16O6. The van der Waals surface area contributed by atoms with Crippen molar-refractivity contribution in [2.75, 3.05) is 49.4 Å². The molecule has 1 saturated heterocycles. The predicted molar refractivity (Wildman–Crippen MR) is 222 cm³/mol. The molecule has 0 aliphatic carbocycles. The number of imidazole rings is 2. The number of amides is 2. The Morgan fingerprint density at radius 2 is 1.20 bits per heavy atom. The van der Waals surface area contributed by atoms with Gasteiger partial charge in [0.15, 0.2) is 17.3 Å². The molecule has 1 aliphatic heterocycles. The number of hydrogen-bond acceptors (Lipinski definition) is 17. The van der Waals surface area contributed by atoms with Crippen LogP contribution in [0.5, 0.6) is 11.8 Å². The van der Waals surface area contributed by atoms with Gasteiger partial charge in [-0.15, -0.1) is 0 Å². The average molecular weight is 874 g/mol. The normalized spacial score (nSPS) is 13.2. The highest BCUT2D eigenvalue weighted by Crippen LogP contribution is 2.22. The van der Waals surface area contributed by atoms with Crippen LogP contribution in [0.3, 0.4) is 0 Å². The molecular weight excluding hydrogens is 835 g/mol. The molecule has 8 heterocycles. The maximum atomic E-state index is 12.6. The second-order valence-corrected chi connectivity index (χ2v) is 13.7. The van der Waals surface area contributed by atoms with Crippen LogP contribution in [0.4, 0.5) is 17.5 Å². The number of aromatic nitrogens is 12. The molecule has 8 rings (SSSR count). The number of rotatable bonds is 10. The van der Waals surface area contributed by atoms with Crippen molar-refractivity contribution in [1.82, 2.24) is 64.0 Å². The van der Waals surface area contributed by atoms with Gasteiger partial charge in [-0.1, -0.05) is 30.1 Å². The summed E-state index contributed by atoms with van der Waals surface area (Å²) in [4.78, 5) is 77.6. The number of halogens is 2. The van der Waals surface area contributed by atoms with Gasteiger partial charge in [-0.25, -0.2) is 44.7 Å². The minimum Gasteiger partial charge on any atom is -0.478 e. The van der Waals surface area contributed by atoms with E-state index in [1.54, 1.807) is 33.6 Å². The number of carbonyl (C=O) groups excluding carboxylic acids is 2. The smallest absolute Gasteiger partial charge is 0.356 e. The molecule has 4 N–H and O–H groups in total. The summed E-state index contributed by atoms with van der Waals surface area (Å²) in [6, 6.07) is 0.465. The number of hydrogen-bond donors (Lipinski definition) is 4. The molecule has 0 aromatic carbocycles. The van der Waals surface area contributed by atoms with Gasteiger partial charge in [0.2, 0.25) is 11.3 Å². The maximum absolute atomic E-state index is 12.6. The van der Waals surface area contributed by atoms with E-state index >= 15 is 0 Å². The molecule has 316 valence electrons. The summed E-state index contributed by atoms with van der Waals surface area (Å²) >= 11 is 11.0. The Hall–Kier alpha value is -7.17. The number of anilines is 3. The first kappa shape index (κ1) is 43.4. The summed E-state index contributed by atoms with van der Waals surface area (Å²) in [6.07, 6.45) is 16.0. The lowest BCUT2D eigenvalue weighted by Gasteiger charge is -2.17. The average Bonchev–Trinajstić information content (AvgIpc) is 3.98. The first-order chi connectivity index (χ1) is 29.3. The third-order valence-corrected chi connectivity index (χ3v) is 8.88. The lowest BCUT2D eigenvalue weighted by atomic mass is 10.3. The highest BCUT2D eigenvalue weighted by molar-refractivity contribution is 6.29. The number of nitrogens with one attached hydrogen (secondary N) is 3. The van der Waals surface area contributed by atoms with Gasteiger partial charge in [-0.05, 0) is 26.8 Å². The second-order valence-electron chi connectivity index (χ2n) is 12.9. The number of methoxy groups -OCH3 is 2. The van der Waals surface area contributed by atoms with Crippen LogP contribution >= 0.6 is 23.2 Å². The predicted octanol–water partition coefficient (Wildman–Crippen LogP) is 3.85. The van der Waals surface area contributed by atoms with Gasteiger partial charge in [-0.3, -0.25) is 18.4 Å². The fraction of sp³-hybridized carbons (Fsp3) is 0.270. The van der Waals surface area contributed by atoms with Gasteiger partial charge in [0.05, 0.1) is 75.2 Å². The standard InChI is InChI=1S/C19H24N8O2.C13H11ClN6O2.C5H3ClN2O2/c1-4-20-13-5-6-26(10-13)16-8-21-14(7-22-16)18(28)24-15-11-27-9-12(2)23-17(27)19(25-15)29-3;1-7-5-20-6-10(19-13(22-2)11(20)17-7)18-12(21)8-3-16-9(14)4-15-8;6-4-2-7-3(1-8-4)5(9)10/h7-9,11,13,20H,4-6,10H2,1-3H3,(H,24,28);3-6H,1-2H3,(H,18,21);1-2H,(H,9,10)/t13-;;/m1../s1. The summed E-state index contributed by atoms with van der Waals surface area (Å²) in [5, 5.41) is 17.5. The zero-order valence-corrected chi connectivity index (χ0v) is 34.7. The van der Waals surface area contributed by atoms with Gasteiger partial charge < -0.3 is 35.4 Å². The molecule has 1 atom stereocenters. The molecule has 22 nitrogen and oxygen atoms in total. The molecule has 7 aromatic heterocycles. The van der Waals surface area contributed by atoms with Crippen LogP contribution in [0.15, 0.2) is 62.0 Å². The Morgan fingerprint density at radius 3 is 1.62 bits per heavy atom. The fourth-order valence-corrected chi connectivity index (χ4v) is 6.01. The van der Waals surface area contributed by atoms with Crippen LogP contribution < -0.4 is 30.3 Å². The number of carboxylic acids is 1. The third-order valence-electron chi connectivity index (χ3n) is 8.49. The van der Waals surface area contributed by atoms with Gasteiger partial charge >= 0.3 is 5.97 Å². The van der Waals surface area contributed by atoms with Crippen molar-refractivity contribution >= 4 is 69.7 Å². The Bertz CT molecular complexity index is 2640. The van der Waals surface area contributed by atoms with Crippen LogP contribution in [-0.4, -0.2) is 121 Å². The maximum Gasteiger partial charge on any atom is 0.356 e. The summed E-state index contributed by atoms with van der Waals surface area (Å²) in [5.41, 5.74) is 3.05. The molecule has 0 spiro atoms. The topological polar surface area (TPSA) is 267 Å². The third kappa shape index (κ3) is 11.1. The number of aromatic carboxylic acids is 1. The van der Waals surface area contributed by atoms with Crippen LogP contribution in [-0.2, 0) is 0 Å². The number of aryl methyl sites for hydroxylation is 2. The monoisotopic (exact) mass is 872 g/mol. The van der Waals surface area contributed by atoms with Crippen molar-refractivity contribution in [1.29, 1.82) is 0 Å². The van der Waals surface area contributed by atoms with E-state index in [9.17, 15) is 14.4 Å². The van der Waals surface area contributed by atoms with Crippen molar-refractivity contribution < 1.29 is 29.0 Å². The highest BCUT2D eigenvalue weighted by atomic mass is 35.5. The number of nitrogens with zero attached hydrogens (tertiary/aromatic N) is 13. The Balaban J connectivity index is 0.000000171. The lowest BCUT2D eigenvalue weighted by Crippen LogP contribution is -2.32. The molecule has 2 amide bonds. The van der Waals surface area contributed by atoms with E-state index in [0.717, 1.165) is 49.5 Å². The summed E-state index contributed by atoms with van der Waals surface area (Å²) in [5.74, 6) is 0.131. The molecule has 24 heteroatoms. The number of fused-ring (bicyclic) bond motifs is 2.